The number of halogens is 1. The molecule has 0 aliphatic heterocycles. The maximum atomic E-state index is 3.61. The molecule has 21 heavy (non-hydrogen) atoms. The molecule has 0 spiro atoms. The Kier molecular flexibility index (Phi) is 5.23. The largest absolute Gasteiger partial charge is 0.309 e. The van der Waals surface area contributed by atoms with Gasteiger partial charge in [-0.15, -0.1) is 0 Å². The lowest BCUT2D eigenvalue weighted by molar-refractivity contribution is 0.686. The number of aryl methyl sites for hydroxylation is 2. The van der Waals surface area contributed by atoms with Crippen molar-refractivity contribution in [3.8, 4) is 0 Å². The Morgan fingerprint density at radius 1 is 0.905 bits per heavy atom. The first-order valence-corrected chi connectivity index (χ1v) is 8.27. The summed E-state index contributed by atoms with van der Waals surface area (Å²) in [5.74, 6) is 0.573. The maximum absolute atomic E-state index is 3.61. The summed E-state index contributed by atoms with van der Waals surface area (Å²) in [6.45, 7) is 8.77. The summed E-state index contributed by atoms with van der Waals surface area (Å²) < 4.78 is 1.17. The fraction of sp³-hybridized carbons (Fsp3) is 0.368. The topological polar surface area (TPSA) is 12.0 Å². The third-order valence-electron chi connectivity index (χ3n) is 4.08. The average Bonchev–Trinajstić information content (AvgIpc) is 2.45. The molecule has 0 amide bonds. The lowest BCUT2D eigenvalue weighted by atomic mass is 9.92. The lowest BCUT2D eigenvalue weighted by Gasteiger charge is -2.21. The normalized spacial score (nSPS) is 12.7. The van der Waals surface area contributed by atoms with Crippen LogP contribution in [0.15, 0.2) is 40.9 Å². The molecule has 112 valence electrons. The Morgan fingerprint density at radius 2 is 1.48 bits per heavy atom. The van der Waals surface area contributed by atoms with Crippen molar-refractivity contribution in [1.82, 2.24) is 5.32 Å². The third kappa shape index (κ3) is 3.56. The Morgan fingerprint density at radius 3 is 2.00 bits per heavy atom. The fourth-order valence-electron chi connectivity index (χ4n) is 2.69. The molecule has 0 saturated carbocycles. The number of hydrogen-bond acceptors (Lipinski definition) is 1. The van der Waals surface area contributed by atoms with Gasteiger partial charge < -0.3 is 5.32 Å². The third-order valence-corrected chi connectivity index (χ3v) is 4.94. The molecule has 0 aliphatic rings. The minimum atomic E-state index is 0.234. The van der Waals surface area contributed by atoms with Crippen LogP contribution in [0.1, 0.15) is 53.6 Å². The molecule has 1 nitrogen and oxygen atoms in total. The SMILES string of the molecule is CNC(c1ccc(C(C)C)cc1)c1cc(C)c(Br)cc1C. The molecule has 0 aliphatic carbocycles. The van der Waals surface area contributed by atoms with Gasteiger partial charge in [0.15, 0.2) is 0 Å². The van der Waals surface area contributed by atoms with Crippen molar-refractivity contribution in [2.75, 3.05) is 7.05 Å². The van der Waals surface area contributed by atoms with E-state index in [2.05, 4.69) is 85.3 Å². The number of nitrogens with one attached hydrogen (secondary N) is 1. The van der Waals surface area contributed by atoms with E-state index in [0.29, 0.717) is 5.92 Å². The minimum Gasteiger partial charge on any atom is -0.309 e. The van der Waals surface area contributed by atoms with Crippen molar-refractivity contribution < 1.29 is 0 Å². The summed E-state index contributed by atoms with van der Waals surface area (Å²) in [7, 11) is 2.03. The Hall–Kier alpha value is -1.12. The fourth-order valence-corrected chi connectivity index (χ4v) is 3.15. The van der Waals surface area contributed by atoms with Crippen LogP contribution in [-0.4, -0.2) is 7.05 Å². The first-order chi connectivity index (χ1) is 9.93. The van der Waals surface area contributed by atoms with E-state index in [1.807, 2.05) is 7.05 Å². The van der Waals surface area contributed by atoms with E-state index in [9.17, 15) is 0 Å². The van der Waals surface area contributed by atoms with Crippen molar-refractivity contribution in [1.29, 1.82) is 0 Å². The molecule has 0 heterocycles. The molecule has 2 heteroatoms. The van der Waals surface area contributed by atoms with E-state index >= 15 is 0 Å². The van der Waals surface area contributed by atoms with Crippen LogP contribution in [0.4, 0.5) is 0 Å². The van der Waals surface area contributed by atoms with Crippen LogP contribution in [0.3, 0.4) is 0 Å². The average molecular weight is 346 g/mol. The second kappa shape index (κ2) is 6.76. The molecule has 2 aromatic rings. The molecule has 0 radical (unpaired) electrons. The molecule has 2 aromatic carbocycles. The first kappa shape index (κ1) is 16.3. The van der Waals surface area contributed by atoms with Crippen LogP contribution in [0.2, 0.25) is 0 Å². The second-order valence-corrected chi connectivity index (χ2v) is 6.86. The molecule has 0 aromatic heterocycles. The minimum absolute atomic E-state index is 0.234. The summed E-state index contributed by atoms with van der Waals surface area (Å²) in [6, 6.07) is 13.7. The van der Waals surface area contributed by atoms with Gasteiger partial charge in [-0.1, -0.05) is 60.1 Å². The van der Waals surface area contributed by atoms with Crippen molar-refractivity contribution in [3.05, 3.63) is 68.7 Å². The standard InChI is InChI=1S/C19H24BrN/c1-12(2)15-6-8-16(9-7-15)19(21-5)17-10-14(4)18(20)11-13(17)3/h6-12,19,21H,1-5H3. The maximum Gasteiger partial charge on any atom is 0.0577 e. The summed E-state index contributed by atoms with van der Waals surface area (Å²) in [5, 5.41) is 3.46. The van der Waals surface area contributed by atoms with Gasteiger partial charge in [0.2, 0.25) is 0 Å². The van der Waals surface area contributed by atoms with Gasteiger partial charge in [0.05, 0.1) is 6.04 Å². The van der Waals surface area contributed by atoms with Gasteiger partial charge in [-0.05, 0) is 60.7 Å². The van der Waals surface area contributed by atoms with Crippen molar-refractivity contribution in [2.24, 2.45) is 0 Å². The zero-order valence-corrected chi connectivity index (χ0v) is 15.1. The van der Waals surface area contributed by atoms with Gasteiger partial charge in [-0.3, -0.25) is 0 Å². The van der Waals surface area contributed by atoms with Crippen molar-refractivity contribution >= 4 is 15.9 Å². The smallest absolute Gasteiger partial charge is 0.0577 e. The number of benzene rings is 2. The summed E-state index contributed by atoms with van der Waals surface area (Å²) in [6.07, 6.45) is 0. The zero-order chi connectivity index (χ0) is 15.6. The van der Waals surface area contributed by atoms with E-state index < -0.39 is 0 Å². The van der Waals surface area contributed by atoms with Crippen LogP contribution < -0.4 is 5.32 Å². The predicted molar refractivity (Wildman–Crippen MR) is 95.0 cm³/mol. The highest BCUT2D eigenvalue weighted by atomic mass is 79.9. The molecule has 1 atom stereocenters. The molecular formula is C19H24BrN. The Balaban J connectivity index is 2.42. The van der Waals surface area contributed by atoms with Crippen LogP contribution in [0, 0.1) is 13.8 Å². The Bertz CT molecular complexity index is 614. The lowest BCUT2D eigenvalue weighted by Crippen LogP contribution is -2.19. The van der Waals surface area contributed by atoms with E-state index in [-0.39, 0.29) is 6.04 Å². The Labute approximate surface area is 136 Å². The van der Waals surface area contributed by atoms with E-state index in [1.165, 1.54) is 32.3 Å². The number of hydrogen-bond donors (Lipinski definition) is 1. The summed E-state index contributed by atoms with van der Waals surface area (Å²) >= 11 is 3.61. The predicted octanol–water partition coefficient (Wildman–Crippen LogP) is 5.50. The van der Waals surface area contributed by atoms with Gasteiger partial charge in [0, 0.05) is 4.47 Å². The second-order valence-electron chi connectivity index (χ2n) is 6.00. The van der Waals surface area contributed by atoms with Gasteiger partial charge in [-0.2, -0.15) is 0 Å². The van der Waals surface area contributed by atoms with Crippen LogP contribution in [0.25, 0.3) is 0 Å². The van der Waals surface area contributed by atoms with Gasteiger partial charge in [0.1, 0.15) is 0 Å². The molecule has 2 rings (SSSR count). The summed E-state index contributed by atoms with van der Waals surface area (Å²) in [5.41, 5.74) is 6.62. The molecule has 0 fully saturated rings. The van der Waals surface area contributed by atoms with Gasteiger partial charge in [-0.25, -0.2) is 0 Å². The van der Waals surface area contributed by atoms with E-state index in [4.69, 9.17) is 0 Å². The highest BCUT2D eigenvalue weighted by molar-refractivity contribution is 9.10. The quantitative estimate of drug-likeness (QED) is 0.771. The molecule has 1 unspecified atom stereocenters. The van der Waals surface area contributed by atoms with Crippen LogP contribution in [-0.2, 0) is 0 Å². The number of rotatable bonds is 4. The van der Waals surface area contributed by atoms with Crippen molar-refractivity contribution in [3.63, 3.8) is 0 Å². The molecule has 1 N–H and O–H groups in total. The summed E-state index contributed by atoms with van der Waals surface area (Å²) in [4.78, 5) is 0. The monoisotopic (exact) mass is 345 g/mol. The van der Waals surface area contributed by atoms with E-state index in [1.54, 1.807) is 0 Å². The molecule has 0 saturated heterocycles. The molecule has 0 bridgehead atoms. The highest BCUT2D eigenvalue weighted by Gasteiger charge is 2.15. The van der Waals surface area contributed by atoms with Crippen molar-refractivity contribution in [2.45, 2.75) is 39.7 Å². The van der Waals surface area contributed by atoms with Gasteiger partial charge in [0.25, 0.3) is 0 Å². The van der Waals surface area contributed by atoms with Crippen LogP contribution in [0.5, 0.6) is 0 Å². The zero-order valence-electron chi connectivity index (χ0n) is 13.5. The highest BCUT2D eigenvalue weighted by Crippen LogP contribution is 2.30. The van der Waals surface area contributed by atoms with E-state index in [0.717, 1.165) is 0 Å². The molecular weight excluding hydrogens is 322 g/mol. The van der Waals surface area contributed by atoms with Crippen LogP contribution >= 0.6 is 15.9 Å². The first-order valence-electron chi connectivity index (χ1n) is 7.47. The van der Waals surface area contributed by atoms with Gasteiger partial charge >= 0.3 is 0 Å².